The number of hydrogen-bond donors (Lipinski definition) is 0. The van der Waals surface area contributed by atoms with Crippen LogP contribution in [0.4, 0.5) is 37.7 Å². The van der Waals surface area contributed by atoms with Crippen LogP contribution in [-0.4, -0.2) is 37.3 Å². The topological polar surface area (TPSA) is 40.6 Å². The summed E-state index contributed by atoms with van der Waals surface area (Å²) in [6.45, 7) is -1.13. The minimum Gasteiger partial charge on any atom is -0.293 e. The maximum absolute atomic E-state index is 12.8. The molecule has 0 N–H and O–H groups in total. The summed E-state index contributed by atoms with van der Waals surface area (Å²) in [5, 5.41) is 0. The summed E-state index contributed by atoms with van der Waals surface area (Å²) in [5.41, 5.74) is 1.23. The monoisotopic (exact) mass is 466 g/mol. The lowest BCUT2D eigenvalue weighted by Gasteiger charge is -2.22. The average molecular weight is 466 g/mol. The third-order valence-corrected chi connectivity index (χ3v) is 4.38. The van der Waals surface area contributed by atoms with Crippen LogP contribution in [-0.2, 0) is 16.0 Å². The minimum atomic E-state index is -5.09. The number of hydrogen-bond acceptors (Lipinski definition) is 2. The molecule has 0 aromatic heterocycles. The van der Waals surface area contributed by atoms with E-state index in [-0.39, 0.29) is 17.8 Å². The molecule has 0 fully saturated rings. The zero-order valence-corrected chi connectivity index (χ0v) is 16.9. The fourth-order valence-corrected chi connectivity index (χ4v) is 2.87. The Balaban J connectivity index is 2.18. The number of halogens is 6. The lowest BCUT2D eigenvalue weighted by Crippen LogP contribution is -2.41. The van der Waals surface area contributed by atoms with Gasteiger partial charge in [-0.15, -0.1) is 12.8 Å². The van der Waals surface area contributed by atoms with E-state index in [0.29, 0.717) is 20.9 Å². The summed E-state index contributed by atoms with van der Waals surface area (Å²) >= 11 is 0. The second kappa shape index (κ2) is 10.1. The van der Waals surface area contributed by atoms with Crippen LogP contribution in [0.5, 0.6) is 0 Å². The van der Waals surface area contributed by atoms with Crippen molar-refractivity contribution in [2.45, 2.75) is 18.8 Å². The molecule has 4 nitrogen and oxygen atoms in total. The van der Waals surface area contributed by atoms with Gasteiger partial charge in [0.05, 0.1) is 13.1 Å². The van der Waals surface area contributed by atoms with Crippen molar-refractivity contribution in [1.29, 1.82) is 0 Å². The summed E-state index contributed by atoms with van der Waals surface area (Å²) in [7, 11) is 0. The van der Waals surface area contributed by atoms with Gasteiger partial charge in [-0.25, -0.2) is 0 Å². The number of carbonyl (C=O) groups excluding carboxylic acids is 2. The van der Waals surface area contributed by atoms with Gasteiger partial charge in [-0.3, -0.25) is 19.4 Å². The fourth-order valence-electron chi connectivity index (χ4n) is 2.87. The molecule has 0 atom stereocenters. The fraction of sp³-hybridized carbons (Fsp3) is 0.217. The summed E-state index contributed by atoms with van der Waals surface area (Å²) in [6, 6.07) is 11.2. The van der Waals surface area contributed by atoms with Crippen molar-refractivity contribution in [2.75, 3.05) is 22.9 Å². The van der Waals surface area contributed by atoms with Crippen molar-refractivity contribution in [3.63, 3.8) is 0 Å². The highest BCUT2D eigenvalue weighted by Gasteiger charge is 2.43. The standard InChI is InChI=1S/C23H16F6N2O2/c1-3-13-30(20(32)22(24,25)26)18-9-5-16(6-10-18)15-17-7-11-19(12-8-17)31(14-4-2)21(33)23(27,28)29/h1-2,5-12H,13-15H2. The number of anilines is 2. The van der Waals surface area contributed by atoms with Gasteiger partial charge in [-0.1, -0.05) is 36.1 Å². The van der Waals surface area contributed by atoms with E-state index in [9.17, 15) is 35.9 Å². The lowest BCUT2D eigenvalue weighted by molar-refractivity contribution is -0.170. The number of rotatable bonds is 6. The molecule has 10 heteroatoms. The van der Waals surface area contributed by atoms with Gasteiger partial charge in [0.2, 0.25) is 0 Å². The molecular formula is C23H16F6N2O2. The summed E-state index contributed by atoms with van der Waals surface area (Å²) < 4.78 is 76.6. The first kappa shape index (κ1) is 25.3. The molecule has 0 bridgehead atoms. The third-order valence-electron chi connectivity index (χ3n) is 4.38. The Hall–Kier alpha value is -3.92. The highest BCUT2D eigenvalue weighted by Crippen LogP contribution is 2.26. The molecular weight excluding hydrogens is 450 g/mol. The van der Waals surface area contributed by atoms with E-state index >= 15 is 0 Å². The zero-order valence-electron chi connectivity index (χ0n) is 16.9. The predicted molar refractivity (Wildman–Crippen MR) is 110 cm³/mol. The Bertz CT molecular complexity index is 987. The van der Waals surface area contributed by atoms with Crippen molar-refractivity contribution < 1.29 is 35.9 Å². The highest BCUT2D eigenvalue weighted by molar-refractivity contribution is 5.98. The van der Waals surface area contributed by atoms with Crippen molar-refractivity contribution in [3.05, 3.63) is 59.7 Å². The molecule has 33 heavy (non-hydrogen) atoms. The molecule has 2 rings (SSSR count). The molecule has 0 aliphatic heterocycles. The number of amides is 2. The van der Waals surface area contributed by atoms with E-state index in [0.717, 1.165) is 0 Å². The van der Waals surface area contributed by atoms with Gasteiger partial charge in [-0.2, -0.15) is 26.3 Å². The summed E-state index contributed by atoms with van der Waals surface area (Å²) in [4.78, 5) is 24.0. The van der Waals surface area contributed by atoms with Crippen LogP contribution in [0.1, 0.15) is 11.1 Å². The SMILES string of the molecule is C#CCN(C(=O)C(F)(F)F)c1ccc(Cc2ccc(N(CC#C)C(=O)C(F)(F)F)cc2)cc1. The molecule has 0 aliphatic carbocycles. The van der Waals surface area contributed by atoms with Gasteiger partial charge >= 0.3 is 24.2 Å². The van der Waals surface area contributed by atoms with Crippen LogP contribution in [0.25, 0.3) is 0 Å². The summed E-state index contributed by atoms with van der Waals surface area (Å²) in [5.74, 6) is -0.161. The molecule has 0 saturated heterocycles. The Kier molecular flexibility index (Phi) is 7.78. The molecule has 0 saturated carbocycles. The molecule has 0 unspecified atom stereocenters. The molecule has 2 aromatic rings. The van der Waals surface area contributed by atoms with E-state index < -0.39 is 37.3 Å². The van der Waals surface area contributed by atoms with Crippen molar-refractivity contribution in [1.82, 2.24) is 0 Å². The van der Waals surface area contributed by atoms with E-state index in [1.165, 1.54) is 48.5 Å². The average Bonchev–Trinajstić information content (AvgIpc) is 2.75. The number of alkyl halides is 6. The predicted octanol–water partition coefficient (Wildman–Crippen LogP) is 4.33. The van der Waals surface area contributed by atoms with E-state index in [2.05, 4.69) is 0 Å². The number of nitrogens with zero attached hydrogens (tertiary/aromatic N) is 2. The first-order valence-electron chi connectivity index (χ1n) is 9.20. The Morgan fingerprint density at radius 2 is 0.970 bits per heavy atom. The van der Waals surface area contributed by atoms with E-state index in [4.69, 9.17) is 12.8 Å². The largest absolute Gasteiger partial charge is 0.471 e. The normalized spacial score (nSPS) is 11.3. The first-order chi connectivity index (χ1) is 15.4. The second-order valence-electron chi connectivity index (χ2n) is 6.70. The molecule has 0 radical (unpaired) electrons. The van der Waals surface area contributed by atoms with Crippen LogP contribution in [0, 0.1) is 24.7 Å². The minimum absolute atomic E-state index is 0.0371. The van der Waals surface area contributed by atoms with Crippen molar-refractivity contribution >= 4 is 23.2 Å². The third kappa shape index (κ3) is 6.53. The van der Waals surface area contributed by atoms with Gasteiger partial charge in [-0.05, 0) is 41.8 Å². The zero-order chi connectivity index (χ0) is 24.8. The van der Waals surface area contributed by atoms with Gasteiger partial charge in [0.1, 0.15) is 0 Å². The van der Waals surface area contributed by atoms with Crippen LogP contribution in [0.2, 0.25) is 0 Å². The Labute approximate surface area is 185 Å². The molecule has 172 valence electrons. The quantitative estimate of drug-likeness (QED) is 0.470. The van der Waals surface area contributed by atoms with Gasteiger partial charge < -0.3 is 0 Å². The number of terminal acetylenes is 2. The molecule has 2 aromatic carbocycles. The first-order valence-corrected chi connectivity index (χ1v) is 9.20. The van der Waals surface area contributed by atoms with Crippen LogP contribution in [0.3, 0.4) is 0 Å². The number of carbonyl (C=O) groups is 2. The van der Waals surface area contributed by atoms with Gasteiger partial charge in [0.15, 0.2) is 0 Å². The molecule has 0 aliphatic rings. The maximum atomic E-state index is 12.8. The highest BCUT2D eigenvalue weighted by atomic mass is 19.4. The van der Waals surface area contributed by atoms with Crippen molar-refractivity contribution in [3.8, 4) is 24.7 Å². The Morgan fingerprint density at radius 3 is 1.21 bits per heavy atom. The number of benzene rings is 2. The summed E-state index contributed by atoms with van der Waals surface area (Å²) in [6.07, 6.45) is 0.244. The van der Waals surface area contributed by atoms with Crippen LogP contribution < -0.4 is 9.80 Å². The Morgan fingerprint density at radius 1 is 0.667 bits per heavy atom. The molecule has 0 heterocycles. The van der Waals surface area contributed by atoms with Crippen LogP contribution in [0.15, 0.2) is 48.5 Å². The lowest BCUT2D eigenvalue weighted by atomic mass is 10.0. The van der Waals surface area contributed by atoms with Crippen molar-refractivity contribution in [2.24, 2.45) is 0 Å². The van der Waals surface area contributed by atoms with E-state index in [1.54, 1.807) is 0 Å². The molecule has 2 amide bonds. The van der Waals surface area contributed by atoms with E-state index in [1.807, 2.05) is 11.8 Å². The second-order valence-corrected chi connectivity index (χ2v) is 6.70. The van der Waals surface area contributed by atoms with Crippen LogP contribution >= 0.6 is 0 Å². The smallest absolute Gasteiger partial charge is 0.293 e. The maximum Gasteiger partial charge on any atom is 0.471 e. The van der Waals surface area contributed by atoms with Gasteiger partial charge in [0.25, 0.3) is 0 Å². The van der Waals surface area contributed by atoms with Gasteiger partial charge in [0, 0.05) is 11.4 Å². The molecule has 0 spiro atoms.